The number of carbonyl (C=O) groups excluding carboxylic acids is 1. The monoisotopic (exact) mass is 455 g/mol. The normalized spacial score (nSPS) is 12.0. The fraction of sp³-hybridized carbons (Fsp3) is 0.296. The molecule has 6 heteroatoms. The summed E-state index contributed by atoms with van der Waals surface area (Å²) < 4.78 is 46.6. The summed E-state index contributed by atoms with van der Waals surface area (Å²) in [5.74, 6) is -0.569. The van der Waals surface area contributed by atoms with Crippen LogP contribution in [-0.2, 0) is 16.4 Å². The van der Waals surface area contributed by atoms with Gasteiger partial charge in [-0.05, 0) is 41.7 Å². The number of rotatable bonds is 8. The highest BCUT2D eigenvalue weighted by Crippen LogP contribution is 2.40. The number of amides is 1. The smallest absolute Gasteiger partial charge is 0.420 e. The van der Waals surface area contributed by atoms with Crippen LogP contribution in [0.5, 0.6) is 5.75 Å². The van der Waals surface area contributed by atoms with E-state index in [0.29, 0.717) is 6.42 Å². The molecule has 0 saturated carbocycles. The Labute approximate surface area is 192 Å². The van der Waals surface area contributed by atoms with Crippen LogP contribution in [0.2, 0.25) is 0 Å². The van der Waals surface area contributed by atoms with E-state index in [9.17, 15) is 18.0 Å². The number of carbonyl (C=O) groups is 1. The predicted octanol–water partition coefficient (Wildman–Crippen LogP) is 7.08. The van der Waals surface area contributed by atoms with Gasteiger partial charge in [-0.2, -0.15) is 13.2 Å². The van der Waals surface area contributed by atoms with E-state index in [2.05, 4.69) is 5.32 Å². The number of ether oxygens (including phenoxy) is 1. The first-order valence-corrected chi connectivity index (χ1v) is 10.9. The van der Waals surface area contributed by atoms with Crippen molar-refractivity contribution in [3.05, 3.63) is 95.6 Å². The van der Waals surface area contributed by atoms with Gasteiger partial charge in [-0.1, -0.05) is 81.4 Å². The molecule has 0 aliphatic carbocycles. The van der Waals surface area contributed by atoms with Gasteiger partial charge in [0, 0.05) is 5.69 Å². The fourth-order valence-electron chi connectivity index (χ4n) is 3.89. The maximum absolute atomic E-state index is 13.7. The van der Waals surface area contributed by atoms with Gasteiger partial charge in [0.1, 0.15) is 5.75 Å². The van der Waals surface area contributed by atoms with Gasteiger partial charge in [-0.25, -0.2) is 0 Å². The minimum absolute atomic E-state index is 0.0638. The third-order valence-corrected chi connectivity index (χ3v) is 5.57. The second kappa shape index (κ2) is 10.1. The Kier molecular flexibility index (Phi) is 7.46. The lowest BCUT2D eigenvalue weighted by Gasteiger charge is -2.33. The first-order chi connectivity index (χ1) is 15.7. The Balaban J connectivity index is 2.02. The van der Waals surface area contributed by atoms with Crippen molar-refractivity contribution in [3.8, 4) is 5.75 Å². The van der Waals surface area contributed by atoms with Crippen molar-refractivity contribution in [1.82, 2.24) is 0 Å². The first-order valence-electron chi connectivity index (χ1n) is 10.9. The van der Waals surface area contributed by atoms with Crippen LogP contribution in [0.15, 0.2) is 78.9 Å². The van der Waals surface area contributed by atoms with Gasteiger partial charge >= 0.3 is 6.18 Å². The molecule has 0 aromatic heterocycles. The van der Waals surface area contributed by atoms with Crippen molar-refractivity contribution in [2.45, 2.75) is 38.8 Å². The minimum atomic E-state index is -4.62. The highest BCUT2D eigenvalue weighted by molar-refractivity contribution is 6.02. The van der Waals surface area contributed by atoms with Crippen LogP contribution in [0, 0.1) is 5.92 Å². The van der Waals surface area contributed by atoms with Crippen LogP contribution in [0.25, 0.3) is 0 Å². The number of hydrogen-bond acceptors (Lipinski definition) is 2. The SMILES string of the molecule is CCC(C(=O)Nc1ccc(OCC(C)C)c(C(F)(F)F)c1)(c1ccccc1)c1ccccc1. The molecular weight excluding hydrogens is 427 g/mol. The van der Waals surface area contributed by atoms with Crippen LogP contribution < -0.4 is 10.1 Å². The molecule has 0 aliphatic heterocycles. The minimum Gasteiger partial charge on any atom is -0.493 e. The lowest BCUT2D eigenvalue weighted by atomic mass is 9.71. The largest absolute Gasteiger partial charge is 0.493 e. The van der Waals surface area contributed by atoms with Crippen LogP contribution in [-0.4, -0.2) is 12.5 Å². The molecule has 1 amide bonds. The Bertz CT molecular complexity index is 1020. The zero-order valence-electron chi connectivity index (χ0n) is 18.9. The summed E-state index contributed by atoms with van der Waals surface area (Å²) in [5.41, 5.74) is -0.377. The molecule has 0 radical (unpaired) electrons. The van der Waals surface area contributed by atoms with Gasteiger partial charge < -0.3 is 10.1 Å². The lowest BCUT2D eigenvalue weighted by molar-refractivity contribution is -0.139. The molecule has 174 valence electrons. The highest BCUT2D eigenvalue weighted by Gasteiger charge is 2.41. The van der Waals surface area contributed by atoms with Crippen molar-refractivity contribution in [3.63, 3.8) is 0 Å². The lowest BCUT2D eigenvalue weighted by Crippen LogP contribution is -2.41. The van der Waals surface area contributed by atoms with E-state index >= 15 is 0 Å². The number of alkyl halides is 3. The second-order valence-electron chi connectivity index (χ2n) is 8.36. The zero-order valence-corrected chi connectivity index (χ0v) is 18.9. The summed E-state index contributed by atoms with van der Waals surface area (Å²) in [6, 6.07) is 22.2. The van der Waals surface area contributed by atoms with E-state index in [4.69, 9.17) is 4.74 Å². The van der Waals surface area contributed by atoms with E-state index in [1.165, 1.54) is 12.1 Å². The van der Waals surface area contributed by atoms with Crippen molar-refractivity contribution in [2.24, 2.45) is 5.92 Å². The number of nitrogens with one attached hydrogen (secondary N) is 1. The summed E-state index contributed by atoms with van der Waals surface area (Å²) >= 11 is 0. The van der Waals surface area contributed by atoms with Gasteiger partial charge in [0.25, 0.3) is 0 Å². The molecule has 3 aromatic rings. The number of halogens is 3. The van der Waals surface area contributed by atoms with Crippen LogP contribution in [0.1, 0.15) is 43.9 Å². The molecule has 3 nitrogen and oxygen atoms in total. The van der Waals surface area contributed by atoms with E-state index in [1.54, 1.807) is 0 Å². The molecule has 0 aliphatic rings. The maximum Gasteiger partial charge on any atom is 0.420 e. The van der Waals surface area contributed by atoms with E-state index < -0.39 is 23.1 Å². The topological polar surface area (TPSA) is 38.3 Å². The second-order valence-corrected chi connectivity index (χ2v) is 8.36. The zero-order chi connectivity index (χ0) is 24.1. The molecule has 0 fully saturated rings. The van der Waals surface area contributed by atoms with Crippen LogP contribution in [0.4, 0.5) is 18.9 Å². The standard InChI is InChI=1S/C27H28F3NO2/c1-4-26(20-11-7-5-8-12-20,21-13-9-6-10-14-21)25(32)31-22-15-16-24(33-18-19(2)3)23(17-22)27(28,29)30/h5-17,19H,4,18H2,1-3H3,(H,31,32). The molecule has 0 spiro atoms. The summed E-state index contributed by atoms with van der Waals surface area (Å²) in [6.07, 6.45) is -4.19. The fourth-order valence-corrected chi connectivity index (χ4v) is 3.89. The third-order valence-electron chi connectivity index (χ3n) is 5.57. The van der Waals surface area contributed by atoms with E-state index in [1.807, 2.05) is 81.4 Å². The van der Waals surface area contributed by atoms with E-state index in [-0.39, 0.29) is 24.0 Å². The molecule has 3 rings (SSSR count). The molecule has 0 unspecified atom stereocenters. The molecule has 3 aromatic carbocycles. The number of anilines is 1. The summed E-state index contributed by atoms with van der Waals surface area (Å²) in [5, 5.41) is 2.74. The van der Waals surface area contributed by atoms with E-state index in [0.717, 1.165) is 17.2 Å². The molecular formula is C27H28F3NO2. The van der Waals surface area contributed by atoms with Crippen molar-refractivity contribution in [1.29, 1.82) is 0 Å². The summed E-state index contributed by atoms with van der Waals surface area (Å²) in [6.45, 7) is 5.78. The first kappa shape index (κ1) is 24.4. The van der Waals surface area contributed by atoms with Gasteiger partial charge in [-0.15, -0.1) is 0 Å². The van der Waals surface area contributed by atoms with Gasteiger partial charge in [0.15, 0.2) is 0 Å². The highest BCUT2D eigenvalue weighted by atomic mass is 19.4. The molecule has 33 heavy (non-hydrogen) atoms. The molecule has 0 atom stereocenters. The Morgan fingerprint density at radius 1 is 0.909 bits per heavy atom. The van der Waals surface area contributed by atoms with Crippen LogP contribution >= 0.6 is 0 Å². The third kappa shape index (κ3) is 5.38. The average Bonchev–Trinajstić information content (AvgIpc) is 2.80. The summed E-state index contributed by atoms with van der Waals surface area (Å²) in [7, 11) is 0. The Hall–Kier alpha value is -3.28. The van der Waals surface area contributed by atoms with Gasteiger partial charge in [0.2, 0.25) is 5.91 Å². The Morgan fingerprint density at radius 3 is 1.91 bits per heavy atom. The van der Waals surface area contributed by atoms with Crippen molar-refractivity contribution < 1.29 is 22.7 Å². The van der Waals surface area contributed by atoms with Gasteiger partial charge in [-0.3, -0.25) is 4.79 Å². The summed E-state index contributed by atoms with van der Waals surface area (Å²) in [4.78, 5) is 13.7. The van der Waals surface area contributed by atoms with Gasteiger partial charge in [0.05, 0.1) is 17.6 Å². The van der Waals surface area contributed by atoms with Crippen molar-refractivity contribution >= 4 is 11.6 Å². The number of hydrogen-bond donors (Lipinski definition) is 1. The Morgan fingerprint density at radius 2 is 1.45 bits per heavy atom. The van der Waals surface area contributed by atoms with Crippen LogP contribution in [0.3, 0.4) is 0 Å². The maximum atomic E-state index is 13.7. The predicted molar refractivity (Wildman–Crippen MR) is 124 cm³/mol. The molecule has 0 heterocycles. The quantitative estimate of drug-likeness (QED) is 0.394. The molecule has 1 N–H and O–H groups in total. The molecule has 0 saturated heterocycles. The van der Waals surface area contributed by atoms with Crippen molar-refractivity contribution in [2.75, 3.05) is 11.9 Å². The molecule has 0 bridgehead atoms. The average molecular weight is 456 g/mol. The number of benzene rings is 3.